The molecule has 1 aliphatic carbocycles. The second-order valence-corrected chi connectivity index (χ2v) is 8.98. The van der Waals surface area contributed by atoms with E-state index in [0.717, 1.165) is 31.4 Å². The summed E-state index contributed by atoms with van der Waals surface area (Å²) in [6.07, 6.45) is 4.01. The van der Waals surface area contributed by atoms with Gasteiger partial charge in [-0.1, -0.05) is 20.8 Å². The van der Waals surface area contributed by atoms with Crippen LogP contribution in [0.4, 0.5) is 10.1 Å². The lowest BCUT2D eigenvalue weighted by atomic mass is 9.82. The molecule has 2 aliphatic rings. The summed E-state index contributed by atoms with van der Waals surface area (Å²) in [6, 6.07) is 6.00. The van der Waals surface area contributed by atoms with Crippen LogP contribution in [0.1, 0.15) is 46.5 Å². The molecule has 0 aromatic heterocycles. The van der Waals surface area contributed by atoms with Gasteiger partial charge in [-0.05, 0) is 61.8 Å². The van der Waals surface area contributed by atoms with Crippen molar-refractivity contribution in [3.8, 4) is 0 Å². The molecule has 0 bridgehead atoms. The minimum atomic E-state index is -0.473. The van der Waals surface area contributed by atoms with Gasteiger partial charge in [0, 0.05) is 37.8 Å². The van der Waals surface area contributed by atoms with Crippen molar-refractivity contribution in [2.45, 2.75) is 52.5 Å². The number of anilines is 1. The molecule has 1 unspecified atom stereocenters. The van der Waals surface area contributed by atoms with Gasteiger partial charge in [-0.25, -0.2) is 4.39 Å². The number of hydrogen-bond donors (Lipinski definition) is 1. The van der Waals surface area contributed by atoms with Crippen LogP contribution in [-0.2, 0) is 9.59 Å². The van der Waals surface area contributed by atoms with Crippen molar-refractivity contribution in [1.82, 2.24) is 10.2 Å². The van der Waals surface area contributed by atoms with E-state index in [0.29, 0.717) is 32.1 Å². The summed E-state index contributed by atoms with van der Waals surface area (Å²) >= 11 is 0. The minimum absolute atomic E-state index is 0.0104. The fourth-order valence-corrected chi connectivity index (χ4v) is 4.34. The molecule has 5 nitrogen and oxygen atoms in total. The average Bonchev–Trinajstić information content (AvgIpc) is 2.72. The van der Waals surface area contributed by atoms with Crippen LogP contribution < -0.4 is 10.2 Å². The monoisotopic (exact) mass is 403 g/mol. The average molecular weight is 404 g/mol. The molecule has 6 heteroatoms. The van der Waals surface area contributed by atoms with Gasteiger partial charge in [-0.2, -0.15) is 0 Å². The van der Waals surface area contributed by atoms with E-state index >= 15 is 0 Å². The summed E-state index contributed by atoms with van der Waals surface area (Å²) in [6.45, 7) is 8.83. The van der Waals surface area contributed by atoms with Gasteiger partial charge in [-0.15, -0.1) is 0 Å². The van der Waals surface area contributed by atoms with Gasteiger partial charge in [0.15, 0.2) is 0 Å². The van der Waals surface area contributed by atoms with Crippen LogP contribution in [-0.4, -0.2) is 48.9 Å². The second-order valence-electron chi connectivity index (χ2n) is 8.98. The molecule has 3 rings (SSSR count). The van der Waals surface area contributed by atoms with Crippen molar-refractivity contribution in [3.05, 3.63) is 30.1 Å². The normalized spacial score (nSPS) is 23.8. The van der Waals surface area contributed by atoms with Crippen LogP contribution in [0, 0.1) is 23.6 Å². The van der Waals surface area contributed by atoms with E-state index in [2.05, 4.69) is 17.1 Å². The zero-order valence-corrected chi connectivity index (χ0v) is 17.9. The smallest absolute Gasteiger partial charge is 0.245 e. The predicted octanol–water partition coefficient (Wildman–Crippen LogP) is 3.44. The standard InChI is InChI=1S/C23H34FN3O2/c1-16(2)21(25-22(28)18-6-4-17(3)5-7-18)23(29)27-14-12-26(13-15-27)20-10-8-19(24)9-11-20/h8-11,16-18,21H,4-7,12-15H2,1-3H3,(H,25,28). The second kappa shape index (κ2) is 9.59. The summed E-state index contributed by atoms with van der Waals surface area (Å²) in [5.74, 6) is 0.578. The maximum atomic E-state index is 13.1. The Bertz CT molecular complexity index is 691. The molecule has 2 fully saturated rings. The van der Waals surface area contributed by atoms with E-state index in [4.69, 9.17) is 0 Å². The zero-order valence-electron chi connectivity index (χ0n) is 17.9. The van der Waals surface area contributed by atoms with Gasteiger partial charge in [0.1, 0.15) is 11.9 Å². The highest BCUT2D eigenvalue weighted by atomic mass is 19.1. The van der Waals surface area contributed by atoms with E-state index in [1.807, 2.05) is 18.7 Å². The molecule has 1 heterocycles. The Morgan fingerprint density at radius 2 is 1.59 bits per heavy atom. The van der Waals surface area contributed by atoms with Crippen molar-refractivity contribution >= 4 is 17.5 Å². The van der Waals surface area contributed by atoms with Gasteiger partial charge < -0.3 is 15.1 Å². The van der Waals surface area contributed by atoms with Crippen LogP contribution in [0.25, 0.3) is 0 Å². The molecule has 1 saturated heterocycles. The highest BCUT2D eigenvalue weighted by molar-refractivity contribution is 5.89. The maximum absolute atomic E-state index is 13.1. The Morgan fingerprint density at radius 3 is 2.14 bits per heavy atom. The number of nitrogens with zero attached hydrogens (tertiary/aromatic N) is 2. The molecule has 1 aromatic carbocycles. The molecule has 1 aromatic rings. The Balaban J connectivity index is 1.55. The quantitative estimate of drug-likeness (QED) is 0.819. The molecule has 2 amide bonds. The largest absolute Gasteiger partial charge is 0.368 e. The number of benzene rings is 1. The number of nitrogens with one attached hydrogen (secondary N) is 1. The van der Waals surface area contributed by atoms with E-state index in [1.54, 1.807) is 12.1 Å². The molecule has 29 heavy (non-hydrogen) atoms. The third kappa shape index (κ3) is 5.49. The Morgan fingerprint density at radius 1 is 1.00 bits per heavy atom. The van der Waals surface area contributed by atoms with Crippen LogP contribution >= 0.6 is 0 Å². The van der Waals surface area contributed by atoms with Crippen LogP contribution in [0.3, 0.4) is 0 Å². The summed E-state index contributed by atoms with van der Waals surface area (Å²) in [7, 11) is 0. The third-order valence-electron chi connectivity index (χ3n) is 6.40. The summed E-state index contributed by atoms with van der Waals surface area (Å²) in [4.78, 5) is 29.9. The first-order valence-electron chi connectivity index (χ1n) is 10.9. The van der Waals surface area contributed by atoms with Gasteiger partial charge in [-0.3, -0.25) is 9.59 Å². The van der Waals surface area contributed by atoms with Crippen molar-refractivity contribution in [2.75, 3.05) is 31.1 Å². The Labute approximate surface area is 173 Å². The number of carbonyl (C=O) groups excluding carboxylic acids is 2. The van der Waals surface area contributed by atoms with Crippen LogP contribution in [0.15, 0.2) is 24.3 Å². The molecule has 0 spiro atoms. The van der Waals surface area contributed by atoms with E-state index in [9.17, 15) is 14.0 Å². The van der Waals surface area contributed by atoms with E-state index < -0.39 is 6.04 Å². The van der Waals surface area contributed by atoms with Gasteiger partial charge >= 0.3 is 0 Å². The first-order chi connectivity index (χ1) is 13.8. The highest BCUT2D eigenvalue weighted by Gasteiger charge is 2.33. The first-order valence-corrected chi connectivity index (χ1v) is 10.9. The number of rotatable bonds is 5. The first kappa shape index (κ1) is 21.6. The summed E-state index contributed by atoms with van der Waals surface area (Å²) in [5.41, 5.74) is 0.971. The van der Waals surface area contributed by atoms with Gasteiger partial charge in [0.2, 0.25) is 11.8 Å². The molecule has 1 aliphatic heterocycles. The third-order valence-corrected chi connectivity index (χ3v) is 6.40. The molecular weight excluding hydrogens is 369 g/mol. The summed E-state index contributed by atoms with van der Waals surface area (Å²) < 4.78 is 13.1. The fraction of sp³-hybridized carbons (Fsp3) is 0.652. The molecule has 1 saturated carbocycles. The molecule has 1 N–H and O–H groups in total. The lowest BCUT2D eigenvalue weighted by molar-refractivity contribution is -0.139. The number of hydrogen-bond acceptors (Lipinski definition) is 3. The Kier molecular flexibility index (Phi) is 7.14. The van der Waals surface area contributed by atoms with E-state index in [-0.39, 0.29) is 29.5 Å². The van der Waals surface area contributed by atoms with Crippen molar-refractivity contribution in [3.63, 3.8) is 0 Å². The number of halogens is 1. The van der Waals surface area contributed by atoms with Crippen LogP contribution in [0.2, 0.25) is 0 Å². The van der Waals surface area contributed by atoms with E-state index in [1.165, 1.54) is 12.1 Å². The highest BCUT2D eigenvalue weighted by Crippen LogP contribution is 2.28. The molecule has 0 radical (unpaired) electrons. The lowest BCUT2D eigenvalue weighted by Gasteiger charge is -2.38. The number of carbonyl (C=O) groups is 2. The minimum Gasteiger partial charge on any atom is -0.368 e. The van der Waals surface area contributed by atoms with Crippen molar-refractivity contribution in [1.29, 1.82) is 0 Å². The summed E-state index contributed by atoms with van der Waals surface area (Å²) in [5, 5.41) is 3.06. The topological polar surface area (TPSA) is 52.7 Å². The van der Waals surface area contributed by atoms with Crippen molar-refractivity contribution in [2.24, 2.45) is 17.8 Å². The molecule has 160 valence electrons. The number of piperazine rings is 1. The predicted molar refractivity (Wildman–Crippen MR) is 113 cm³/mol. The molecular formula is C23H34FN3O2. The molecule has 1 atom stereocenters. The SMILES string of the molecule is CC1CCC(C(=O)NC(C(=O)N2CCN(c3ccc(F)cc3)CC2)C(C)C)CC1. The van der Waals surface area contributed by atoms with Crippen molar-refractivity contribution < 1.29 is 14.0 Å². The number of amides is 2. The maximum Gasteiger partial charge on any atom is 0.245 e. The van der Waals surface area contributed by atoms with Gasteiger partial charge in [0.25, 0.3) is 0 Å². The van der Waals surface area contributed by atoms with Gasteiger partial charge in [0.05, 0.1) is 0 Å². The fourth-order valence-electron chi connectivity index (χ4n) is 4.34. The lowest BCUT2D eigenvalue weighted by Crippen LogP contribution is -2.57. The zero-order chi connectivity index (χ0) is 21.0. The van der Waals surface area contributed by atoms with Crippen LogP contribution in [0.5, 0.6) is 0 Å². The Hall–Kier alpha value is -2.11.